The highest BCUT2D eigenvalue weighted by atomic mass is 35.7. The first-order valence-corrected chi connectivity index (χ1v) is 8.00. The van der Waals surface area contributed by atoms with E-state index < -0.39 is 15.1 Å². The van der Waals surface area contributed by atoms with Crippen LogP contribution in [-0.4, -0.2) is 27.7 Å². The second-order valence-electron chi connectivity index (χ2n) is 3.06. The molecule has 0 aliphatic carbocycles. The summed E-state index contributed by atoms with van der Waals surface area (Å²) in [5, 5.41) is 2.54. The summed E-state index contributed by atoms with van der Waals surface area (Å²) in [6.07, 6.45) is 0.0600. The molecule has 1 N–H and O–H groups in total. The van der Waals surface area contributed by atoms with Crippen LogP contribution in [0.25, 0.3) is 0 Å². The summed E-state index contributed by atoms with van der Waals surface area (Å²) in [7, 11) is 1.54. The minimum Gasteiger partial charge on any atom is -0.450 e. The summed E-state index contributed by atoms with van der Waals surface area (Å²) in [4.78, 5) is 11.8. The molecule has 0 aliphatic heterocycles. The lowest BCUT2D eigenvalue weighted by atomic mass is 10.3. The molecule has 0 aromatic carbocycles. The first-order chi connectivity index (χ1) is 7.93. The van der Waals surface area contributed by atoms with Crippen molar-refractivity contribution in [3.05, 3.63) is 17.0 Å². The monoisotopic (exact) mass is 297 g/mol. The SMILES string of the molecule is CCOC(=O)NCCc1ccc(S(=O)(=O)Cl)s1. The fraction of sp³-hybridized carbons (Fsp3) is 0.444. The van der Waals surface area contributed by atoms with Crippen LogP contribution >= 0.6 is 22.0 Å². The van der Waals surface area contributed by atoms with E-state index in [4.69, 9.17) is 10.7 Å². The number of amides is 1. The van der Waals surface area contributed by atoms with Crippen LogP contribution in [0.2, 0.25) is 0 Å². The van der Waals surface area contributed by atoms with Gasteiger partial charge in [0.1, 0.15) is 4.21 Å². The average Bonchev–Trinajstić information content (AvgIpc) is 2.66. The first-order valence-electron chi connectivity index (χ1n) is 4.87. The summed E-state index contributed by atoms with van der Waals surface area (Å²) in [5.74, 6) is 0. The number of hydrogen-bond donors (Lipinski definition) is 1. The van der Waals surface area contributed by atoms with E-state index in [1.807, 2.05) is 0 Å². The number of halogens is 1. The Bertz CT molecular complexity index is 483. The summed E-state index contributed by atoms with van der Waals surface area (Å²) in [5.41, 5.74) is 0. The fourth-order valence-corrected chi connectivity index (χ4v) is 3.22. The van der Waals surface area contributed by atoms with Crippen molar-refractivity contribution in [1.29, 1.82) is 0 Å². The number of nitrogens with one attached hydrogen (secondary N) is 1. The van der Waals surface area contributed by atoms with Crippen LogP contribution in [-0.2, 0) is 20.2 Å². The van der Waals surface area contributed by atoms with E-state index >= 15 is 0 Å². The quantitative estimate of drug-likeness (QED) is 0.843. The predicted molar refractivity (Wildman–Crippen MR) is 66.1 cm³/mol. The molecular formula is C9H12ClNO4S2. The van der Waals surface area contributed by atoms with E-state index in [0.29, 0.717) is 19.6 Å². The van der Waals surface area contributed by atoms with Gasteiger partial charge in [0.2, 0.25) is 0 Å². The van der Waals surface area contributed by atoms with E-state index in [-0.39, 0.29) is 4.21 Å². The molecule has 1 aromatic heterocycles. The van der Waals surface area contributed by atoms with Crippen molar-refractivity contribution in [2.24, 2.45) is 0 Å². The number of carbonyl (C=O) groups excluding carboxylic acids is 1. The van der Waals surface area contributed by atoms with Gasteiger partial charge in [-0.05, 0) is 25.5 Å². The van der Waals surface area contributed by atoms with Gasteiger partial charge < -0.3 is 10.1 Å². The maximum absolute atomic E-state index is 11.0. The number of rotatable bonds is 5. The normalized spacial score (nSPS) is 11.2. The summed E-state index contributed by atoms with van der Waals surface area (Å²) in [6, 6.07) is 3.12. The zero-order valence-electron chi connectivity index (χ0n) is 9.10. The van der Waals surface area contributed by atoms with Crippen molar-refractivity contribution in [1.82, 2.24) is 5.32 Å². The van der Waals surface area contributed by atoms with Gasteiger partial charge in [0.15, 0.2) is 0 Å². The van der Waals surface area contributed by atoms with Crippen molar-refractivity contribution in [2.45, 2.75) is 17.6 Å². The van der Waals surface area contributed by atoms with E-state index in [2.05, 4.69) is 10.1 Å². The standard InChI is InChI=1S/C9H12ClNO4S2/c1-2-15-9(12)11-6-5-7-3-4-8(16-7)17(10,13)14/h3-4H,2,5-6H2,1H3,(H,11,12). The smallest absolute Gasteiger partial charge is 0.407 e. The molecule has 0 saturated heterocycles. The predicted octanol–water partition coefficient (Wildman–Crippen LogP) is 1.96. The Morgan fingerprint density at radius 2 is 2.24 bits per heavy atom. The first kappa shape index (κ1) is 14.3. The van der Waals surface area contributed by atoms with Crippen LogP contribution in [0.1, 0.15) is 11.8 Å². The Hall–Kier alpha value is -0.790. The molecule has 0 radical (unpaired) electrons. The lowest BCUT2D eigenvalue weighted by Crippen LogP contribution is -2.26. The minimum atomic E-state index is -3.65. The number of thiophene rings is 1. The third-order valence-corrected chi connectivity index (χ3v) is 5.03. The van der Waals surface area contributed by atoms with Crippen LogP contribution in [0.3, 0.4) is 0 Å². The molecule has 5 nitrogen and oxygen atoms in total. The van der Waals surface area contributed by atoms with Crippen molar-refractivity contribution in [2.75, 3.05) is 13.2 Å². The highest BCUT2D eigenvalue weighted by molar-refractivity contribution is 8.15. The van der Waals surface area contributed by atoms with Crippen LogP contribution in [0.4, 0.5) is 4.79 Å². The molecule has 0 spiro atoms. The second-order valence-corrected chi connectivity index (χ2v) is 7.02. The second kappa shape index (κ2) is 6.23. The molecular weight excluding hydrogens is 286 g/mol. The van der Waals surface area contributed by atoms with E-state index in [0.717, 1.165) is 16.2 Å². The third kappa shape index (κ3) is 4.93. The Kier molecular flexibility index (Phi) is 5.23. The zero-order chi connectivity index (χ0) is 12.9. The lowest BCUT2D eigenvalue weighted by molar-refractivity contribution is 0.152. The van der Waals surface area contributed by atoms with Gasteiger partial charge in [0.05, 0.1) is 6.61 Å². The van der Waals surface area contributed by atoms with Gasteiger partial charge in [-0.1, -0.05) is 0 Å². The maximum atomic E-state index is 11.0. The number of hydrogen-bond acceptors (Lipinski definition) is 5. The van der Waals surface area contributed by atoms with Gasteiger partial charge in [-0.15, -0.1) is 11.3 Å². The van der Waals surface area contributed by atoms with Gasteiger partial charge in [-0.3, -0.25) is 0 Å². The molecule has 0 fully saturated rings. The molecule has 1 heterocycles. The topological polar surface area (TPSA) is 72.5 Å². The largest absolute Gasteiger partial charge is 0.450 e. The van der Waals surface area contributed by atoms with Gasteiger partial charge in [-0.2, -0.15) is 0 Å². The molecule has 1 amide bonds. The lowest BCUT2D eigenvalue weighted by Gasteiger charge is -2.03. The summed E-state index contributed by atoms with van der Waals surface area (Å²) in [6.45, 7) is 2.43. The molecule has 0 bridgehead atoms. The molecule has 1 aromatic rings. The average molecular weight is 298 g/mol. The zero-order valence-corrected chi connectivity index (χ0v) is 11.5. The van der Waals surface area contributed by atoms with Crippen LogP contribution < -0.4 is 5.32 Å². The van der Waals surface area contributed by atoms with Gasteiger partial charge in [0.25, 0.3) is 9.05 Å². The van der Waals surface area contributed by atoms with Gasteiger partial charge in [0, 0.05) is 22.1 Å². The molecule has 96 valence electrons. The van der Waals surface area contributed by atoms with Crippen molar-refractivity contribution in [3.63, 3.8) is 0 Å². The van der Waals surface area contributed by atoms with Crippen molar-refractivity contribution >= 4 is 37.2 Å². The summed E-state index contributed by atoms with van der Waals surface area (Å²) < 4.78 is 26.8. The number of carbonyl (C=O) groups is 1. The van der Waals surface area contributed by atoms with Crippen LogP contribution in [0.5, 0.6) is 0 Å². The van der Waals surface area contributed by atoms with Crippen LogP contribution in [0.15, 0.2) is 16.3 Å². The Morgan fingerprint density at radius 3 is 2.76 bits per heavy atom. The maximum Gasteiger partial charge on any atom is 0.407 e. The molecule has 0 atom stereocenters. The third-order valence-electron chi connectivity index (χ3n) is 1.79. The Morgan fingerprint density at radius 1 is 1.53 bits per heavy atom. The van der Waals surface area contributed by atoms with E-state index in [1.165, 1.54) is 6.07 Å². The highest BCUT2D eigenvalue weighted by Crippen LogP contribution is 2.24. The molecule has 17 heavy (non-hydrogen) atoms. The highest BCUT2D eigenvalue weighted by Gasteiger charge is 2.12. The molecule has 0 aliphatic rings. The van der Waals surface area contributed by atoms with E-state index in [1.54, 1.807) is 13.0 Å². The minimum absolute atomic E-state index is 0.116. The molecule has 1 rings (SSSR count). The molecule has 0 saturated carbocycles. The Balaban J connectivity index is 2.43. The fourth-order valence-electron chi connectivity index (χ4n) is 1.09. The number of alkyl carbamates (subject to hydrolysis) is 1. The Labute approximate surface area is 108 Å². The van der Waals surface area contributed by atoms with Gasteiger partial charge >= 0.3 is 6.09 Å². The van der Waals surface area contributed by atoms with Gasteiger partial charge in [-0.25, -0.2) is 13.2 Å². The molecule has 0 unspecified atom stereocenters. The van der Waals surface area contributed by atoms with E-state index in [9.17, 15) is 13.2 Å². The van der Waals surface area contributed by atoms with Crippen LogP contribution in [0, 0.1) is 0 Å². The number of ether oxygens (including phenoxy) is 1. The van der Waals surface area contributed by atoms with Crippen molar-refractivity contribution in [3.8, 4) is 0 Å². The summed E-state index contributed by atoms with van der Waals surface area (Å²) >= 11 is 1.09. The molecule has 8 heteroatoms. The van der Waals surface area contributed by atoms with Crippen molar-refractivity contribution < 1.29 is 17.9 Å².